The fourth-order valence-corrected chi connectivity index (χ4v) is 8.97. The highest BCUT2D eigenvalue weighted by molar-refractivity contribution is 6.23. The summed E-state index contributed by atoms with van der Waals surface area (Å²) in [7, 11) is 0. The lowest BCUT2D eigenvalue weighted by molar-refractivity contribution is -0.136. The van der Waals surface area contributed by atoms with Crippen LogP contribution in [0.2, 0.25) is 0 Å². The summed E-state index contributed by atoms with van der Waals surface area (Å²) in [6, 6.07) is 15.1. The predicted molar refractivity (Wildman–Crippen MR) is 230 cm³/mol. The van der Waals surface area contributed by atoms with Crippen molar-refractivity contribution >= 4 is 52.7 Å². The summed E-state index contributed by atoms with van der Waals surface area (Å²) in [5.74, 6) is -5.10. The second-order valence-electron chi connectivity index (χ2n) is 16.6. The molecule has 2 atom stereocenters. The Morgan fingerprint density at radius 2 is 1.58 bits per heavy atom. The Hall–Kier alpha value is -7.41. The Labute approximate surface area is 370 Å². The van der Waals surface area contributed by atoms with E-state index in [0.717, 1.165) is 56.3 Å². The van der Waals surface area contributed by atoms with Crippen LogP contribution in [0.5, 0.6) is 0 Å². The average Bonchev–Trinajstić information content (AvgIpc) is 3.89. The molecule has 4 aliphatic rings. The summed E-state index contributed by atoms with van der Waals surface area (Å²) < 4.78 is 36.6. The first kappa shape index (κ1) is 42.9. The molecule has 3 aromatic carbocycles. The molecular weight excluding hydrogens is 843 g/mol. The molecule has 2 aromatic heterocycles. The third-order valence-corrected chi connectivity index (χ3v) is 12.5. The van der Waals surface area contributed by atoms with E-state index >= 15 is 4.39 Å². The third-order valence-electron chi connectivity index (χ3n) is 12.5. The van der Waals surface area contributed by atoms with Crippen molar-refractivity contribution in [2.75, 3.05) is 48.7 Å². The summed E-state index contributed by atoms with van der Waals surface area (Å²) >= 11 is 0. The van der Waals surface area contributed by atoms with Gasteiger partial charge in [-0.15, -0.1) is 0 Å². The number of nitrogens with zero attached hydrogens (tertiary/aromatic N) is 7. The number of nitrogens with one attached hydrogen (secondary N) is 2. The first-order chi connectivity index (χ1) is 31.4. The average molecular weight is 887 g/mol. The van der Waals surface area contributed by atoms with Gasteiger partial charge in [-0.3, -0.25) is 38.9 Å². The molecule has 0 aliphatic carbocycles. The van der Waals surface area contributed by atoms with Crippen molar-refractivity contribution < 1.29 is 42.3 Å². The molecule has 3 saturated heterocycles. The SMILES string of the molecule is Nc1ncc(-c2cnn(C3CCN(CC4CCN(c5cc6c(cc5F)C(=O)N(C5CCC(=O)NC5=O)C6=O)CC4)CC3)c2)nc1C(=O)O[C@@H](C(=O)Nc1ccc(F)cc1)c1ccccc1. The van der Waals surface area contributed by atoms with Gasteiger partial charge < -0.3 is 25.6 Å². The van der Waals surface area contributed by atoms with E-state index in [1.165, 1.54) is 36.5 Å². The number of piperidine rings is 3. The van der Waals surface area contributed by atoms with Crippen LogP contribution in [-0.4, -0.2) is 104 Å². The number of likely N-dealkylation sites (tertiary alicyclic amines) is 1. The Kier molecular flexibility index (Phi) is 11.9. The maximum absolute atomic E-state index is 15.5. The lowest BCUT2D eigenvalue weighted by Gasteiger charge is -2.38. The van der Waals surface area contributed by atoms with Crippen molar-refractivity contribution in [3.8, 4) is 11.3 Å². The van der Waals surface area contributed by atoms with Crippen molar-refractivity contribution in [1.82, 2.24) is 34.9 Å². The molecule has 4 aliphatic heterocycles. The molecule has 19 heteroatoms. The number of fused-ring (bicyclic) bond motifs is 1. The third kappa shape index (κ3) is 8.91. The minimum atomic E-state index is -1.38. The molecule has 0 spiro atoms. The Bertz CT molecular complexity index is 2680. The van der Waals surface area contributed by atoms with Crippen LogP contribution >= 0.6 is 0 Å². The molecule has 1 unspecified atom stereocenters. The number of rotatable bonds is 11. The van der Waals surface area contributed by atoms with Crippen molar-refractivity contribution in [3.05, 3.63) is 119 Å². The number of amides is 5. The summed E-state index contributed by atoms with van der Waals surface area (Å²) in [5, 5.41) is 9.44. The molecule has 5 aromatic rings. The first-order valence-corrected chi connectivity index (χ1v) is 21.4. The van der Waals surface area contributed by atoms with Crippen LogP contribution < -0.4 is 21.3 Å². The largest absolute Gasteiger partial charge is 0.442 e. The topological polar surface area (TPSA) is 215 Å². The summed E-state index contributed by atoms with van der Waals surface area (Å²) in [6.45, 7) is 3.70. The zero-order chi connectivity index (χ0) is 45.4. The monoisotopic (exact) mass is 886 g/mol. The lowest BCUT2D eigenvalue weighted by atomic mass is 9.94. The van der Waals surface area contributed by atoms with Gasteiger partial charge in [0.25, 0.3) is 17.7 Å². The molecule has 0 saturated carbocycles. The van der Waals surface area contributed by atoms with Crippen molar-refractivity contribution in [1.29, 1.82) is 0 Å². The molecule has 0 bridgehead atoms. The van der Waals surface area contributed by atoms with Crippen molar-refractivity contribution in [2.24, 2.45) is 5.92 Å². The smallest absolute Gasteiger partial charge is 0.361 e. The quantitative estimate of drug-likeness (QED) is 0.121. The van der Waals surface area contributed by atoms with Crippen LogP contribution in [0.25, 0.3) is 11.3 Å². The van der Waals surface area contributed by atoms with Gasteiger partial charge in [0.15, 0.2) is 11.5 Å². The van der Waals surface area contributed by atoms with Crippen molar-refractivity contribution in [2.45, 2.75) is 56.7 Å². The normalized spacial score (nSPS) is 19.0. The summed E-state index contributed by atoms with van der Waals surface area (Å²) in [5.41, 5.74) is 7.70. The Morgan fingerprint density at radius 3 is 2.29 bits per heavy atom. The number of hydrogen-bond acceptors (Lipinski definition) is 13. The van der Waals surface area contributed by atoms with Crippen LogP contribution in [0.3, 0.4) is 0 Å². The second-order valence-corrected chi connectivity index (χ2v) is 16.6. The van der Waals surface area contributed by atoms with Gasteiger partial charge in [-0.25, -0.2) is 23.5 Å². The summed E-state index contributed by atoms with van der Waals surface area (Å²) in [6.07, 6.45) is 6.87. The maximum atomic E-state index is 15.5. The number of carbonyl (C=O) groups excluding carboxylic acids is 6. The molecule has 334 valence electrons. The number of nitrogens with two attached hydrogens (primary N) is 1. The standard InChI is InChI=1S/C46H44F2N10O7/c47-29-6-8-30(9-7-29)52-43(61)40(27-4-2-1-3-5-27)65-46(64)39-41(49)50-23-35(53-39)28-22-51-57(25-28)31-14-16-55(17-15-31)24-26-12-18-56(19-13-26)37-21-33-32(20-34(37)48)44(62)58(45(33)63)36-10-11-38(59)54-42(36)60/h1-9,20-23,25-26,31,36,40H,10-19,24H2,(H2,49,50)(H,52,61)(H,54,59,60)/t36?,40-/m1/s1. The van der Waals surface area contributed by atoms with Gasteiger partial charge in [-0.05, 0) is 74.4 Å². The molecule has 3 fully saturated rings. The number of anilines is 3. The van der Waals surface area contributed by atoms with E-state index < -0.39 is 59.3 Å². The van der Waals surface area contributed by atoms with Gasteiger partial charge in [-0.2, -0.15) is 5.10 Å². The zero-order valence-corrected chi connectivity index (χ0v) is 35.0. The number of hydrogen-bond donors (Lipinski definition) is 3. The minimum Gasteiger partial charge on any atom is -0.442 e. The van der Waals surface area contributed by atoms with Gasteiger partial charge in [0.2, 0.25) is 17.9 Å². The highest BCUT2D eigenvalue weighted by Crippen LogP contribution is 2.35. The number of imide groups is 2. The van der Waals surface area contributed by atoms with E-state index in [1.807, 2.05) is 15.8 Å². The number of nitrogen functional groups attached to an aromatic ring is 1. The van der Waals surface area contributed by atoms with Gasteiger partial charge in [-0.1, -0.05) is 30.3 Å². The highest BCUT2D eigenvalue weighted by Gasteiger charge is 2.45. The Balaban J connectivity index is 0.781. The van der Waals surface area contributed by atoms with E-state index in [9.17, 15) is 33.2 Å². The Morgan fingerprint density at radius 1 is 0.877 bits per heavy atom. The molecule has 17 nitrogen and oxygen atoms in total. The first-order valence-electron chi connectivity index (χ1n) is 21.4. The number of carbonyl (C=O) groups is 6. The molecule has 5 amide bonds. The number of halogens is 2. The highest BCUT2D eigenvalue weighted by atomic mass is 19.1. The van der Waals surface area contributed by atoms with Crippen LogP contribution in [-0.2, 0) is 19.1 Å². The number of ether oxygens (including phenoxy) is 1. The molecule has 65 heavy (non-hydrogen) atoms. The zero-order valence-electron chi connectivity index (χ0n) is 35.0. The lowest BCUT2D eigenvalue weighted by Crippen LogP contribution is -2.54. The number of benzene rings is 3. The van der Waals surface area contributed by atoms with Gasteiger partial charge in [0, 0.05) is 62.2 Å². The minimum absolute atomic E-state index is 0.00103. The molecular formula is C46H44F2N10O7. The maximum Gasteiger partial charge on any atom is 0.361 e. The second kappa shape index (κ2) is 18.0. The van der Waals surface area contributed by atoms with Crippen molar-refractivity contribution in [3.63, 3.8) is 0 Å². The predicted octanol–water partition coefficient (Wildman–Crippen LogP) is 4.69. The van der Waals surface area contributed by atoms with E-state index in [2.05, 4.69) is 30.6 Å². The molecule has 0 radical (unpaired) electrons. The molecule has 9 rings (SSSR count). The van der Waals surface area contributed by atoms with E-state index in [-0.39, 0.29) is 47.2 Å². The van der Waals surface area contributed by atoms with Crippen LogP contribution in [0, 0.1) is 17.6 Å². The van der Waals surface area contributed by atoms with Crippen LogP contribution in [0.4, 0.5) is 26.0 Å². The van der Waals surface area contributed by atoms with Gasteiger partial charge >= 0.3 is 5.97 Å². The van der Waals surface area contributed by atoms with E-state index in [4.69, 9.17) is 10.5 Å². The fraction of sp³-hybridized carbons (Fsp3) is 0.326. The van der Waals surface area contributed by atoms with Gasteiger partial charge in [0.1, 0.15) is 17.7 Å². The van der Waals surface area contributed by atoms with E-state index in [1.54, 1.807) is 36.5 Å². The summed E-state index contributed by atoms with van der Waals surface area (Å²) in [4.78, 5) is 91.4. The number of esters is 1. The molecule has 4 N–H and O–H groups in total. The van der Waals surface area contributed by atoms with E-state index in [0.29, 0.717) is 41.5 Å². The van der Waals surface area contributed by atoms with Crippen LogP contribution in [0.15, 0.2) is 85.3 Å². The fourth-order valence-electron chi connectivity index (χ4n) is 8.97. The van der Waals surface area contributed by atoms with Gasteiger partial charge in [0.05, 0.1) is 40.9 Å². The number of aromatic nitrogens is 4. The van der Waals surface area contributed by atoms with Crippen LogP contribution in [0.1, 0.15) is 87.4 Å². The molecule has 6 heterocycles.